The maximum atomic E-state index is 12.9. The first-order valence-electron chi connectivity index (χ1n) is 30.0. The summed E-state index contributed by atoms with van der Waals surface area (Å²) in [5.41, 5.74) is 0. The molecule has 0 radical (unpaired) electrons. The summed E-state index contributed by atoms with van der Waals surface area (Å²) in [6, 6.07) is 0. The molecule has 0 unspecified atom stereocenters. The average Bonchev–Trinajstić information content (AvgIpc) is 3.31. The number of esters is 3. The van der Waals surface area contributed by atoms with Gasteiger partial charge in [-0.05, 0) is 19.3 Å². The summed E-state index contributed by atoms with van der Waals surface area (Å²) in [5, 5.41) is 0. The minimum absolute atomic E-state index is 0.0608. The highest BCUT2D eigenvalue weighted by Gasteiger charge is 2.19. The second-order valence-corrected chi connectivity index (χ2v) is 20.6. The Balaban J connectivity index is 4.26. The molecule has 0 amide bonds. The lowest BCUT2D eigenvalue weighted by Crippen LogP contribution is -2.30. The fraction of sp³-hybridized carbons (Fsp3) is 0.950. The normalized spacial score (nSPS) is 11.9. The van der Waals surface area contributed by atoms with Gasteiger partial charge in [-0.15, -0.1) is 0 Å². The van der Waals surface area contributed by atoms with Crippen molar-refractivity contribution in [3.63, 3.8) is 0 Å². The Morgan fingerprint density at radius 2 is 0.409 bits per heavy atom. The van der Waals surface area contributed by atoms with Crippen LogP contribution in [0.5, 0.6) is 0 Å². The predicted molar refractivity (Wildman–Crippen MR) is 284 cm³/mol. The van der Waals surface area contributed by atoms with Crippen molar-refractivity contribution in [3.8, 4) is 0 Å². The molecule has 6 nitrogen and oxygen atoms in total. The van der Waals surface area contributed by atoms with E-state index in [1.54, 1.807) is 0 Å². The Hall–Kier alpha value is -1.59. The fourth-order valence-corrected chi connectivity index (χ4v) is 9.33. The van der Waals surface area contributed by atoms with E-state index in [1.807, 2.05) is 0 Å². The summed E-state index contributed by atoms with van der Waals surface area (Å²) in [6.45, 7) is 6.72. The maximum absolute atomic E-state index is 12.9. The van der Waals surface area contributed by atoms with Crippen LogP contribution in [0.3, 0.4) is 0 Å². The second kappa shape index (κ2) is 56.0. The molecule has 1 atom stereocenters. The van der Waals surface area contributed by atoms with Crippen molar-refractivity contribution in [2.75, 3.05) is 13.2 Å². The third-order valence-corrected chi connectivity index (χ3v) is 13.9. The van der Waals surface area contributed by atoms with Gasteiger partial charge in [0.15, 0.2) is 6.10 Å². The van der Waals surface area contributed by atoms with Crippen LogP contribution in [0, 0.1) is 0 Å². The Kier molecular flexibility index (Phi) is 54.7. The van der Waals surface area contributed by atoms with Gasteiger partial charge in [0.25, 0.3) is 0 Å². The zero-order chi connectivity index (χ0) is 47.9. The van der Waals surface area contributed by atoms with Crippen LogP contribution < -0.4 is 0 Å². The summed E-state index contributed by atoms with van der Waals surface area (Å²) in [4.78, 5) is 38.2. The third-order valence-electron chi connectivity index (χ3n) is 13.9. The summed E-state index contributed by atoms with van der Waals surface area (Å²) >= 11 is 0. The van der Waals surface area contributed by atoms with Crippen LogP contribution in [-0.2, 0) is 28.6 Å². The van der Waals surface area contributed by atoms with Gasteiger partial charge in [-0.1, -0.05) is 310 Å². The van der Waals surface area contributed by atoms with E-state index in [9.17, 15) is 14.4 Å². The van der Waals surface area contributed by atoms with Gasteiger partial charge in [0, 0.05) is 19.3 Å². The van der Waals surface area contributed by atoms with E-state index in [0.717, 1.165) is 57.8 Å². The Bertz CT molecular complexity index is 982. The SMILES string of the molecule is CCCCCCCCCCCCCCCCCCCCCC(=O)OC[C@H](COC(=O)CCCCCCCCCCCCCCCC)OC(=O)CCCCCCCCCCCCCCCCC. The Morgan fingerprint density at radius 1 is 0.242 bits per heavy atom. The van der Waals surface area contributed by atoms with Gasteiger partial charge < -0.3 is 14.2 Å². The minimum atomic E-state index is -0.761. The summed E-state index contributed by atoms with van der Waals surface area (Å²) < 4.78 is 16.9. The monoisotopic (exact) mass is 933 g/mol. The number of unbranched alkanes of at least 4 members (excludes halogenated alkanes) is 45. The number of rotatable bonds is 56. The Labute approximate surface area is 412 Å². The van der Waals surface area contributed by atoms with Crippen molar-refractivity contribution < 1.29 is 28.6 Å². The smallest absolute Gasteiger partial charge is 0.306 e. The summed E-state index contributed by atoms with van der Waals surface area (Å²) in [5.74, 6) is -0.829. The third kappa shape index (κ3) is 53.4. The molecule has 0 bridgehead atoms. The van der Waals surface area contributed by atoms with E-state index in [2.05, 4.69) is 20.8 Å². The fourth-order valence-electron chi connectivity index (χ4n) is 9.33. The lowest BCUT2D eigenvalue weighted by molar-refractivity contribution is -0.167. The van der Waals surface area contributed by atoms with Crippen LogP contribution in [0.2, 0.25) is 0 Å². The van der Waals surface area contributed by atoms with Crippen molar-refractivity contribution in [2.45, 2.75) is 354 Å². The summed E-state index contributed by atoms with van der Waals surface area (Å²) in [7, 11) is 0. The lowest BCUT2D eigenvalue weighted by Gasteiger charge is -2.18. The molecule has 0 spiro atoms. The van der Waals surface area contributed by atoms with Crippen LogP contribution in [0.25, 0.3) is 0 Å². The van der Waals surface area contributed by atoms with E-state index in [4.69, 9.17) is 14.2 Å². The van der Waals surface area contributed by atoms with Crippen LogP contribution >= 0.6 is 0 Å². The molecule has 0 heterocycles. The molecule has 0 rings (SSSR count). The molecular weight excluding hydrogens is 817 g/mol. The molecule has 0 aromatic rings. The van der Waals surface area contributed by atoms with Crippen molar-refractivity contribution in [1.29, 1.82) is 0 Å². The van der Waals surface area contributed by atoms with Gasteiger partial charge in [0.2, 0.25) is 0 Å². The van der Waals surface area contributed by atoms with Crippen LogP contribution in [0.1, 0.15) is 348 Å². The molecule has 0 aliphatic rings. The summed E-state index contributed by atoms with van der Waals surface area (Å²) in [6.07, 6.45) is 62.4. The van der Waals surface area contributed by atoms with Crippen LogP contribution in [0.4, 0.5) is 0 Å². The molecule has 0 fully saturated rings. The molecular formula is C60H116O6. The van der Waals surface area contributed by atoms with Gasteiger partial charge in [-0.3, -0.25) is 14.4 Å². The maximum Gasteiger partial charge on any atom is 0.306 e. The standard InChI is InChI=1S/C60H116O6/c1-4-7-10-13-16-19-22-25-28-29-30-31-33-35-38-41-44-47-50-53-59(62)65-56-57(55-64-58(61)52-49-46-43-40-37-34-27-24-21-18-15-12-9-6-3)66-60(63)54-51-48-45-42-39-36-32-26-23-20-17-14-11-8-5-2/h57H,4-56H2,1-3H3/t57-/m0/s1. The first kappa shape index (κ1) is 64.4. The zero-order valence-electron chi connectivity index (χ0n) is 45.0. The van der Waals surface area contributed by atoms with Gasteiger partial charge in [0.1, 0.15) is 13.2 Å². The van der Waals surface area contributed by atoms with E-state index < -0.39 is 6.10 Å². The largest absolute Gasteiger partial charge is 0.462 e. The molecule has 0 aromatic carbocycles. The van der Waals surface area contributed by atoms with Crippen LogP contribution in [-0.4, -0.2) is 37.2 Å². The Morgan fingerprint density at radius 3 is 0.606 bits per heavy atom. The zero-order valence-corrected chi connectivity index (χ0v) is 45.0. The van der Waals surface area contributed by atoms with Crippen LogP contribution in [0.15, 0.2) is 0 Å². The van der Waals surface area contributed by atoms with E-state index in [0.29, 0.717) is 19.3 Å². The number of carbonyl (C=O) groups is 3. The van der Waals surface area contributed by atoms with Gasteiger partial charge >= 0.3 is 17.9 Å². The highest BCUT2D eigenvalue weighted by atomic mass is 16.6. The van der Waals surface area contributed by atoms with Crippen molar-refractivity contribution >= 4 is 17.9 Å². The molecule has 0 aromatic heterocycles. The first-order chi connectivity index (χ1) is 32.5. The topological polar surface area (TPSA) is 78.9 Å². The van der Waals surface area contributed by atoms with Gasteiger partial charge in [-0.25, -0.2) is 0 Å². The van der Waals surface area contributed by atoms with E-state index >= 15 is 0 Å². The molecule has 392 valence electrons. The van der Waals surface area contributed by atoms with E-state index in [1.165, 1.54) is 250 Å². The molecule has 0 aliphatic heterocycles. The average molecular weight is 934 g/mol. The quantitative estimate of drug-likeness (QED) is 0.0343. The molecule has 0 N–H and O–H groups in total. The first-order valence-corrected chi connectivity index (χ1v) is 30.0. The predicted octanol–water partition coefficient (Wildman–Crippen LogP) is 19.9. The van der Waals surface area contributed by atoms with Gasteiger partial charge in [-0.2, -0.15) is 0 Å². The second-order valence-electron chi connectivity index (χ2n) is 20.6. The van der Waals surface area contributed by atoms with E-state index in [-0.39, 0.29) is 31.1 Å². The minimum Gasteiger partial charge on any atom is -0.462 e. The van der Waals surface area contributed by atoms with Crippen molar-refractivity contribution in [3.05, 3.63) is 0 Å². The molecule has 6 heteroatoms. The number of ether oxygens (including phenoxy) is 3. The molecule has 0 saturated carbocycles. The number of hydrogen-bond donors (Lipinski definition) is 0. The number of hydrogen-bond acceptors (Lipinski definition) is 6. The molecule has 0 aliphatic carbocycles. The highest BCUT2D eigenvalue weighted by Crippen LogP contribution is 2.18. The lowest BCUT2D eigenvalue weighted by atomic mass is 10.0. The molecule has 66 heavy (non-hydrogen) atoms. The number of carbonyl (C=O) groups excluding carboxylic acids is 3. The highest BCUT2D eigenvalue weighted by molar-refractivity contribution is 5.71. The van der Waals surface area contributed by atoms with Crippen molar-refractivity contribution in [1.82, 2.24) is 0 Å². The van der Waals surface area contributed by atoms with Gasteiger partial charge in [0.05, 0.1) is 0 Å². The van der Waals surface area contributed by atoms with Crippen molar-refractivity contribution in [2.24, 2.45) is 0 Å². The molecule has 0 saturated heterocycles.